The van der Waals surface area contributed by atoms with Crippen molar-refractivity contribution in [1.82, 2.24) is 10.2 Å². The highest BCUT2D eigenvalue weighted by Gasteiger charge is 2.34. The molecule has 3 rings (SSSR count). The second kappa shape index (κ2) is 10.4. The lowest BCUT2D eigenvalue weighted by Crippen LogP contribution is -2.37. The minimum atomic E-state index is -0.639. The molecule has 0 bridgehead atoms. The molecule has 0 atom stereocenters. The number of nitrogens with zero attached hydrogens (tertiary/aromatic N) is 2. The van der Waals surface area contributed by atoms with Gasteiger partial charge in [0.1, 0.15) is 10.8 Å². The molecule has 0 spiro atoms. The van der Waals surface area contributed by atoms with Gasteiger partial charge in [-0.05, 0) is 47.5 Å². The summed E-state index contributed by atoms with van der Waals surface area (Å²) in [6.45, 7) is 0.0159. The van der Waals surface area contributed by atoms with Crippen molar-refractivity contribution in [3.63, 3.8) is 0 Å². The van der Waals surface area contributed by atoms with Gasteiger partial charge in [0.2, 0.25) is 5.91 Å². The van der Waals surface area contributed by atoms with Gasteiger partial charge >= 0.3 is 0 Å². The van der Waals surface area contributed by atoms with Crippen LogP contribution in [0.15, 0.2) is 47.4 Å². The fourth-order valence-electron chi connectivity index (χ4n) is 2.95. The largest absolute Gasteiger partial charge is 0.354 e. The monoisotopic (exact) mass is 477 g/mol. The molecule has 2 aromatic rings. The Labute approximate surface area is 191 Å². The van der Waals surface area contributed by atoms with Crippen molar-refractivity contribution in [2.45, 2.75) is 12.8 Å². The molecule has 2 aromatic carbocycles. The summed E-state index contributed by atoms with van der Waals surface area (Å²) < 4.78 is 13.6. The van der Waals surface area contributed by atoms with E-state index in [1.165, 1.54) is 30.3 Å². The third kappa shape index (κ3) is 5.71. The second-order valence-corrected chi connectivity index (χ2v) is 8.14. The van der Waals surface area contributed by atoms with Crippen LogP contribution in [0, 0.1) is 15.9 Å². The van der Waals surface area contributed by atoms with Crippen LogP contribution in [0.3, 0.4) is 0 Å². The molecule has 1 aliphatic heterocycles. The number of imide groups is 1. The molecular weight excluding hydrogens is 461 g/mol. The fraction of sp³-hybridized carbons (Fsp3) is 0.190. The molecule has 8 nitrogen and oxygen atoms in total. The average molecular weight is 478 g/mol. The Morgan fingerprint density at radius 1 is 1.25 bits per heavy atom. The van der Waals surface area contributed by atoms with E-state index < -0.39 is 16.1 Å². The van der Waals surface area contributed by atoms with E-state index in [1.54, 1.807) is 18.2 Å². The van der Waals surface area contributed by atoms with Gasteiger partial charge in [-0.1, -0.05) is 35.9 Å². The minimum absolute atomic E-state index is 0.0335. The third-order valence-electron chi connectivity index (χ3n) is 4.58. The Balaban J connectivity index is 1.54. The normalized spacial score (nSPS) is 14.8. The Morgan fingerprint density at radius 2 is 2.00 bits per heavy atom. The number of rotatable bonds is 8. The van der Waals surface area contributed by atoms with Crippen molar-refractivity contribution >= 4 is 52.2 Å². The van der Waals surface area contributed by atoms with Crippen LogP contribution in [0.1, 0.15) is 17.5 Å². The third-order valence-corrected chi connectivity index (χ3v) is 5.80. The number of nitro groups is 1. The van der Waals surface area contributed by atoms with Crippen molar-refractivity contribution in [1.29, 1.82) is 0 Å². The predicted octanol–water partition coefficient (Wildman–Crippen LogP) is 4.17. The molecule has 0 unspecified atom stereocenters. The Bertz CT molecular complexity index is 1120. The lowest BCUT2D eigenvalue weighted by molar-refractivity contribution is -0.384. The zero-order valence-electron chi connectivity index (χ0n) is 16.5. The number of aryl methyl sites for hydroxylation is 1. The number of thioether (sulfide) groups is 1. The van der Waals surface area contributed by atoms with Crippen LogP contribution in [-0.2, 0) is 16.0 Å². The summed E-state index contributed by atoms with van der Waals surface area (Å²) in [6, 6.07) is 10.2. The lowest BCUT2D eigenvalue weighted by Gasteiger charge is -2.13. The number of halogens is 2. The number of amides is 3. The van der Waals surface area contributed by atoms with Crippen LogP contribution < -0.4 is 5.32 Å². The molecule has 11 heteroatoms. The zero-order chi connectivity index (χ0) is 23.3. The molecule has 0 saturated carbocycles. The first kappa shape index (κ1) is 23.4. The molecule has 1 heterocycles. The summed E-state index contributed by atoms with van der Waals surface area (Å²) in [5, 5.41) is 13.1. The molecule has 1 saturated heterocycles. The van der Waals surface area contributed by atoms with Gasteiger partial charge in [0, 0.05) is 25.6 Å². The van der Waals surface area contributed by atoms with Crippen LogP contribution in [0.25, 0.3) is 6.08 Å². The minimum Gasteiger partial charge on any atom is -0.354 e. The van der Waals surface area contributed by atoms with Crippen molar-refractivity contribution < 1.29 is 23.7 Å². The summed E-state index contributed by atoms with van der Waals surface area (Å²) in [5.41, 5.74) is 0.479. The van der Waals surface area contributed by atoms with E-state index in [2.05, 4.69) is 5.32 Å². The number of nitrogens with one attached hydrogen (secondary N) is 1. The van der Waals surface area contributed by atoms with E-state index in [1.807, 2.05) is 0 Å². The van der Waals surface area contributed by atoms with Gasteiger partial charge in [0.05, 0.1) is 9.83 Å². The first-order chi connectivity index (χ1) is 15.3. The molecule has 3 amide bonds. The van der Waals surface area contributed by atoms with Crippen molar-refractivity contribution in [3.05, 3.63) is 79.5 Å². The maximum absolute atomic E-state index is 13.6. The van der Waals surface area contributed by atoms with E-state index >= 15 is 0 Å². The summed E-state index contributed by atoms with van der Waals surface area (Å²) in [4.78, 5) is 48.2. The van der Waals surface area contributed by atoms with E-state index in [-0.39, 0.29) is 53.3 Å². The number of nitro benzene ring substituents is 1. The number of benzene rings is 2. The van der Waals surface area contributed by atoms with Gasteiger partial charge in [-0.2, -0.15) is 0 Å². The standard InChI is InChI=1S/C21H17ClFN3O5S/c22-15-7-5-13(11-17(15)26(30)31)12-18-20(28)25(21(29)32-18)10-9-24-19(27)8-6-14-3-1-2-4-16(14)23/h1-5,7,11-12H,6,8-10H2,(H,24,27)/b18-12-. The van der Waals surface area contributed by atoms with Gasteiger partial charge in [-0.3, -0.25) is 29.4 Å². The van der Waals surface area contributed by atoms with E-state index in [0.29, 0.717) is 22.9 Å². The van der Waals surface area contributed by atoms with Crippen LogP contribution in [0.5, 0.6) is 0 Å². The summed E-state index contributed by atoms with van der Waals surface area (Å²) in [5.74, 6) is -1.27. The van der Waals surface area contributed by atoms with Crippen LogP contribution in [0.4, 0.5) is 14.9 Å². The topological polar surface area (TPSA) is 110 Å². The molecule has 1 aliphatic rings. The molecule has 0 aliphatic carbocycles. The lowest BCUT2D eigenvalue weighted by atomic mass is 10.1. The van der Waals surface area contributed by atoms with Gasteiger partial charge in [-0.15, -0.1) is 0 Å². The van der Waals surface area contributed by atoms with Crippen molar-refractivity contribution in [2.24, 2.45) is 0 Å². The maximum Gasteiger partial charge on any atom is 0.293 e. The molecule has 1 fully saturated rings. The average Bonchev–Trinajstić information content (AvgIpc) is 3.01. The van der Waals surface area contributed by atoms with E-state index in [0.717, 1.165) is 4.90 Å². The maximum atomic E-state index is 13.6. The second-order valence-electron chi connectivity index (χ2n) is 6.74. The number of hydrogen-bond acceptors (Lipinski definition) is 6. The van der Waals surface area contributed by atoms with Crippen molar-refractivity contribution in [2.75, 3.05) is 13.1 Å². The summed E-state index contributed by atoms with van der Waals surface area (Å²) >= 11 is 6.48. The first-order valence-electron chi connectivity index (χ1n) is 9.45. The molecule has 0 aromatic heterocycles. The van der Waals surface area contributed by atoms with Gasteiger partial charge in [0.25, 0.3) is 16.8 Å². The Kier molecular flexibility index (Phi) is 7.60. The van der Waals surface area contributed by atoms with Gasteiger partial charge in [0.15, 0.2) is 0 Å². The number of carbonyl (C=O) groups excluding carboxylic acids is 3. The first-order valence-corrected chi connectivity index (χ1v) is 10.6. The van der Waals surface area contributed by atoms with Crippen LogP contribution in [0.2, 0.25) is 5.02 Å². The van der Waals surface area contributed by atoms with E-state index in [4.69, 9.17) is 11.6 Å². The van der Waals surface area contributed by atoms with Crippen LogP contribution in [-0.4, -0.2) is 40.0 Å². The Morgan fingerprint density at radius 3 is 2.72 bits per heavy atom. The van der Waals surface area contributed by atoms with Crippen molar-refractivity contribution in [3.8, 4) is 0 Å². The zero-order valence-corrected chi connectivity index (χ0v) is 18.1. The summed E-state index contributed by atoms with van der Waals surface area (Å²) in [6.07, 6.45) is 1.68. The highest BCUT2D eigenvalue weighted by molar-refractivity contribution is 8.18. The Hall–Kier alpha value is -3.24. The van der Waals surface area contributed by atoms with Crippen LogP contribution >= 0.6 is 23.4 Å². The summed E-state index contributed by atoms with van der Waals surface area (Å²) in [7, 11) is 0. The SMILES string of the molecule is O=C(CCc1ccccc1F)NCCN1C(=O)S/C(=C\c2ccc(Cl)c([N+](=O)[O-])c2)C1=O. The van der Waals surface area contributed by atoms with Gasteiger partial charge in [-0.25, -0.2) is 4.39 Å². The molecule has 32 heavy (non-hydrogen) atoms. The number of hydrogen-bond donors (Lipinski definition) is 1. The molecule has 166 valence electrons. The van der Waals surface area contributed by atoms with Gasteiger partial charge < -0.3 is 5.32 Å². The quantitative estimate of drug-likeness (QED) is 0.347. The van der Waals surface area contributed by atoms with E-state index in [9.17, 15) is 28.9 Å². The molecule has 0 radical (unpaired) electrons. The highest BCUT2D eigenvalue weighted by Crippen LogP contribution is 2.33. The molecule has 1 N–H and O–H groups in total. The fourth-order valence-corrected chi connectivity index (χ4v) is 4.00. The molecular formula is C21H17ClFN3O5S. The highest BCUT2D eigenvalue weighted by atomic mass is 35.5. The number of carbonyl (C=O) groups is 3. The smallest absolute Gasteiger partial charge is 0.293 e. The predicted molar refractivity (Wildman–Crippen MR) is 119 cm³/mol.